The summed E-state index contributed by atoms with van der Waals surface area (Å²) in [6.45, 7) is -0.424. The smallest absolute Gasteiger partial charge is 0.390 e. The molecule has 1 rings (SSSR count). The summed E-state index contributed by atoms with van der Waals surface area (Å²) >= 11 is 0. The minimum Gasteiger partial charge on any atom is -0.399 e. The minimum absolute atomic E-state index is 0. The molecule has 0 unspecified atom stereocenters. The Labute approximate surface area is 103 Å². The summed E-state index contributed by atoms with van der Waals surface area (Å²) in [5.41, 5.74) is 6.18. The van der Waals surface area contributed by atoms with Crippen LogP contribution >= 0.6 is 12.4 Å². The standard InChI is InChI=1S/C10H11F3N2O.ClH/c11-10(12,13)5-6-15-9(16)7-1-3-8(14)4-2-7;/h1-4H,5-6,14H2,(H,15,16);1H. The second kappa shape index (κ2) is 6.34. The minimum atomic E-state index is -4.26. The molecule has 0 fully saturated rings. The van der Waals surface area contributed by atoms with E-state index in [9.17, 15) is 18.0 Å². The molecule has 1 aromatic rings. The van der Waals surface area contributed by atoms with E-state index in [1.165, 1.54) is 24.3 Å². The number of nitrogens with one attached hydrogen (secondary N) is 1. The van der Waals surface area contributed by atoms with Gasteiger partial charge in [-0.1, -0.05) is 0 Å². The van der Waals surface area contributed by atoms with Crippen LogP contribution in [-0.4, -0.2) is 18.6 Å². The number of halogens is 4. The highest BCUT2D eigenvalue weighted by atomic mass is 35.5. The van der Waals surface area contributed by atoms with E-state index in [1.807, 2.05) is 0 Å². The number of alkyl halides is 3. The monoisotopic (exact) mass is 268 g/mol. The molecule has 0 saturated heterocycles. The number of hydrogen-bond donors (Lipinski definition) is 2. The summed E-state index contributed by atoms with van der Waals surface area (Å²) in [7, 11) is 0. The Morgan fingerprint density at radius 2 is 1.76 bits per heavy atom. The molecule has 3 nitrogen and oxygen atoms in total. The first kappa shape index (κ1) is 15.6. The number of nitrogens with two attached hydrogens (primary N) is 1. The molecule has 0 atom stereocenters. The van der Waals surface area contributed by atoms with Crippen LogP contribution in [0.1, 0.15) is 16.8 Å². The number of amides is 1. The van der Waals surface area contributed by atoms with E-state index >= 15 is 0 Å². The quantitative estimate of drug-likeness (QED) is 0.827. The Bertz CT molecular complexity index is 365. The van der Waals surface area contributed by atoms with Gasteiger partial charge in [0.2, 0.25) is 0 Å². The molecule has 1 aromatic carbocycles. The number of benzene rings is 1. The van der Waals surface area contributed by atoms with Crippen molar-refractivity contribution >= 4 is 24.0 Å². The topological polar surface area (TPSA) is 55.1 Å². The van der Waals surface area contributed by atoms with Crippen LogP contribution in [0.5, 0.6) is 0 Å². The average molecular weight is 269 g/mol. The van der Waals surface area contributed by atoms with Gasteiger partial charge in [0.25, 0.3) is 5.91 Å². The largest absolute Gasteiger partial charge is 0.399 e. The maximum Gasteiger partial charge on any atom is 0.390 e. The molecule has 0 aliphatic carbocycles. The predicted octanol–water partition coefficient (Wildman–Crippen LogP) is 2.37. The Kier molecular flexibility index (Phi) is 5.81. The number of anilines is 1. The summed E-state index contributed by atoms with van der Waals surface area (Å²) in [6, 6.07) is 5.94. The van der Waals surface area contributed by atoms with Gasteiger partial charge in [-0.25, -0.2) is 0 Å². The molecule has 0 saturated carbocycles. The van der Waals surface area contributed by atoms with E-state index in [0.29, 0.717) is 5.69 Å². The highest BCUT2D eigenvalue weighted by Crippen LogP contribution is 2.18. The molecule has 0 radical (unpaired) electrons. The number of nitrogen functional groups attached to an aromatic ring is 1. The fourth-order valence-corrected chi connectivity index (χ4v) is 1.05. The summed E-state index contributed by atoms with van der Waals surface area (Å²) < 4.78 is 35.4. The molecule has 7 heteroatoms. The van der Waals surface area contributed by atoms with Gasteiger partial charge in [-0.15, -0.1) is 12.4 Å². The zero-order valence-electron chi connectivity index (χ0n) is 8.75. The molecule has 0 aliphatic rings. The van der Waals surface area contributed by atoms with Crippen molar-refractivity contribution in [3.05, 3.63) is 29.8 Å². The SMILES string of the molecule is Cl.Nc1ccc(C(=O)NCCC(F)(F)F)cc1. The Morgan fingerprint density at radius 1 is 1.24 bits per heavy atom. The van der Waals surface area contributed by atoms with Crippen LogP contribution in [0, 0.1) is 0 Å². The number of hydrogen-bond acceptors (Lipinski definition) is 2. The van der Waals surface area contributed by atoms with Crippen LogP contribution < -0.4 is 11.1 Å². The lowest BCUT2D eigenvalue weighted by Gasteiger charge is -2.07. The molecule has 0 bridgehead atoms. The summed E-state index contributed by atoms with van der Waals surface area (Å²) in [5, 5.41) is 2.18. The molecule has 96 valence electrons. The third kappa shape index (κ3) is 6.01. The van der Waals surface area contributed by atoms with Crippen LogP contribution in [0.25, 0.3) is 0 Å². The second-order valence-corrected chi connectivity index (χ2v) is 3.24. The summed E-state index contributed by atoms with van der Waals surface area (Å²) in [6.07, 6.45) is -5.29. The average Bonchev–Trinajstić information content (AvgIpc) is 2.16. The lowest BCUT2D eigenvalue weighted by Crippen LogP contribution is -2.27. The van der Waals surface area contributed by atoms with Crippen LogP contribution in [0.3, 0.4) is 0 Å². The van der Waals surface area contributed by atoms with Gasteiger partial charge in [0, 0.05) is 17.8 Å². The van der Waals surface area contributed by atoms with Gasteiger partial charge in [-0.05, 0) is 24.3 Å². The molecule has 0 spiro atoms. The molecular weight excluding hydrogens is 257 g/mol. The van der Waals surface area contributed by atoms with E-state index in [4.69, 9.17) is 5.73 Å². The highest BCUT2D eigenvalue weighted by molar-refractivity contribution is 5.94. The molecular formula is C10H12ClF3N2O. The van der Waals surface area contributed by atoms with E-state index < -0.39 is 25.0 Å². The molecule has 0 heterocycles. The van der Waals surface area contributed by atoms with Crippen molar-refractivity contribution < 1.29 is 18.0 Å². The second-order valence-electron chi connectivity index (χ2n) is 3.24. The van der Waals surface area contributed by atoms with Crippen molar-refractivity contribution in [2.24, 2.45) is 0 Å². The van der Waals surface area contributed by atoms with E-state index in [0.717, 1.165) is 0 Å². The van der Waals surface area contributed by atoms with Crippen molar-refractivity contribution in [3.63, 3.8) is 0 Å². The van der Waals surface area contributed by atoms with Crippen molar-refractivity contribution in [2.45, 2.75) is 12.6 Å². The third-order valence-corrected chi connectivity index (χ3v) is 1.87. The van der Waals surface area contributed by atoms with E-state index in [-0.39, 0.29) is 18.0 Å². The van der Waals surface area contributed by atoms with Crippen LogP contribution in [-0.2, 0) is 0 Å². The number of rotatable bonds is 3. The molecule has 3 N–H and O–H groups in total. The lowest BCUT2D eigenvalue weighted by atomic mass is 10.2. The Morgan fingerprint density at radius 3 is 2.24 bits per heavy atom. The number of carbonyl (C=O) groups excluding carboxylic acids is 1. The normalized spacial score (nSPS) is 10.5. The third-order valence-electron chi connectivity index (χ3n) is 1.87. The van der Waals surface area contributed by atoms with Gasteiger partial charge in [-0.3, -0.25) is 4.79 Å². The van der Waals surface area contributed by atoms with E-state index in [1.54, 1.807) is 0 Å². The zero-order chi connectivity index (χ0) is 12.2. The number of carbonyl (C=O) groups is 1. The molecule has 0 aromatic heterocycles. The lowest BCUT2D eigenvalue weighted by molar-refractivity contribution is -0.132. The van der Waals surface area contributed by atoms with Crippen molar-refractivity contribution in [1.29, 1.82) is 0 Å². The zero-order valence-corrected chi connectivity index (χ0v) is 9.57. The first-order valence-corrected chi connectivity index (χ1v) is 4.59. The molecule has 1 amide bonds. The van der Waals surface area contributed by atoms with Crippen molar-refractivity contribution in [1.82, 2.24) is 5.32 Å². The van der Waals surface area contributed by atoms with Crippen molar-refractivity contribution in [2.75, 3.05) is 12.3 Å². The van der Waals surface area contributed by atoms with Crippen LogP contribution in [0.15, 0.2) is 24.3 Å². The first-order chi connectivity index (χ1) is 7.38. The molecule has 0 aliphatic heterocycles. The van der Waals surface area contributed by atoms with Gasteiger partial charge in [0.05, 0.1) is 6.42 Å². The van der Waals surface area contributed by atoms with Crippen LogP contribution in [0.4, 0.5) is 18.9 Å². The van der Waals surface area contributed by atoms with E-state index in [2.05, 4.69) is 5.32 Å². The van der Waals surface area contributed by atoms with Gasteiger partial charge in [0.1, 0.15) is 0 Å². The fourth-order valence-electron chi connectivity index (χ4n) is 1.05. The molecule has 17 heavy (non-hydrogen) atoms. The summed E-state index contributed by atoms with van der Waals surface area (Å²) in [4.78, 5) is 11.3. The first-order valence-electron chi connectivity index (χ1n) is 4.59. The maximum atomic E-state index is 11.8. The van der Waals surface area contributed by atoms with Gasteiger partial charge < -0.3 is 11.1 Å². The van der Waals surface area contributed by atoms with Gasteiger partial charge in [0.15, 0.2) is 0 Å². The van der Waals surface area contributed by atoms with Gasteiger partial charge >= 0.3 is 6.18 Å². The Balaban J connectivity index is 0.00000256. The Hall–Kier alpha value is -1.43. The predicted molar refractivity (Wildman–Crippen MR) is 61.1 cm³/mol. The maximum absolute atomic E-state index is 11.8. The highest BCUT2D eigenvalue weighted by Gasteiger charge is 2.26. The van der Waals surface area contributed by atoms with Crippen LogP contribution in [0.2, 0.25) is 0 Å². The summed E-state index contributed by atoms with van der Waals surface area (Å²) in [5.74, 6) is -0.538. The van der Waals surface area contributed by atoms with Gasteiger partial charge in [-0.2, -0.15) is 13.2 Å². The van der Waals surface area contributed by atoms with Crippen molar-refractivity contribution in [3.8, 4) is 0 Å². The fraction of sp³-hybridized carbons (Fsp3) is 0.300.